The Morgan fingerprint density at radius 1 is 1.13 bits per heavy atom. The van der Waals surface area contributed by atoms with Crippen molar-refractivity contribution in [1.29, 1.82) is 0 Å². The molecule has 160 valence electrons. The zero-order valence-electron chi connectivity index (χ0n) is 18.3. The van der Waals surface area contributed by atoms with Gasteiger partial charge < -0.3 is 9.80 Å². The first-order valence-corrected chi connectivity index (χ1v) is 10.6. The second kappa shape index (κ2) is 8.34. The lowest BCUT2D eigenvalue weighted by molar-refractivity contribution is 0.0802. The Balaban J connectivity index is 1.77. The van der Waals surface area contributed by atoms with Crippen LogP contribution in [0, 0.1) is 0 Å². The van der Waals surface area contributed by atoms with Crippen LogP contribution in [0.5, 0.6) is 0 Å². The lowest BCUT2D eigenvalue weighted by atomic mass is 9.98. The minimum atomic E-state index is -0.192. The number of amides is 2. The number of carbonyl (C=O) groups is 2. The molecular formula is C24H27N5O2. The summed E-state index contributed by atoms with van der Waals surface area (Å²) >= 11 is 0. The Kier molecular flexibility index (Phi) is 5.59. The summed E-state index contributed by atoms with van der Waals surface area (Å²) in [6, 6.07) is 15.0. The number of rotatable bonds is 5. The average Bonchev–Trinajstić information content (AvgIpc) is 3.43. The highest BCUT2D eigenvalue weighted by Crippen LogP contribution is 2.40. The molecule has 2 aromatic carbocycles. The fraction of sp³-hybridized carbons (Fsp3) is 0.333. The second-order valence-corrected chi connectivity index (χ2v) is 8.10. The van der Waals surface area contributed by atoms with Crippen LogP contribution in [0.4, 0.5) is 5.69 Å². The van der Waals surface area contributed by atoms with Gasteiger partial charge in [0.25, 0.3) is 11.8 Å². The van der Waals surface area contributed by atoms with Crippen LogP contribution in [0.25, 0.3) is 0 Å². The molecule has 0 fully saturated rings. The smallest absolute Gasteiger partial charge is 0.258 e. The van der Waals surface area contributed by atoms with Gasteiger partial charge in [0.1, 0.15) is 6.33 Å². The van der Waals surface area contributed by atoms with E-state index in [0.29, 0.717) is 30.0 Å². The number of hydrogen-bond donors (Lipinski definition) is 0. The summed E-state index contributed by atoms with van der Waals surface area (Å²) in [6.07, 6.45) is 1.72. The quantitative estimate of drug-likeness (QED) is 0.634. The molecule has 0 unspecified atom stereocenters. The topological polar surface area (TPSA) is 71.3 Å². The highest BCUT2D eigenvalue weighted by atomic mass is 16.2. The van der Waals surface area contributed by atoms with Gasteiger partial charge in [-0.25, -0.2) is 4.98 Å². The highest BCUT2D eigenvalue weighted by molar-refractivity contribution is 6.08. The van der Waals surface area contributed by atoms with Gasteiger partial charge in [-0.05, 0) is 56.7 Å². The average molecular weight is 418 g/mol. The van der Waals surface area contributed by atoms with E-state index < -0.39 is 0 Å². The van der Waals surface area contributed by atoms with E-state index in [1.807, 2.05) is 67.9 Å². The maximum atomic E-state index is 13.3. The Bertz CT molecular complexity index is 1110. The number of anilines is 1. The molecule has 7 heteroatoms. The molecule has 4 rings (SSSR count). The third kappa shape index (κ3) is 3.83. The Hall–Kier alpha value is -3.48. The molecule has 1 aliphatic rings. The largest absolute Gasteiger partial charge is 0.342 e. The normalized spacial score (nSPS) is 15.3. The molecule has 1 aliphatic heterocycles. The van der Waals surface area contributed by atoms with Crippen LogP contribution in [0.3, 0.4) is 0 Å². The molecule has 2 heterocycles. The third-order valence-electron chi connectivity index (χ3n) is 5.76. The molecule has 1 atom stereocenters. The van der Waals surface area contributed by atoms with Gasteiger partial charge in [-0.15, -0.1) is 0 Å². The predicted molar refractivity (Wildman–Crippen MR) is 119 cm³/mol. The number of fused-ring (bicyclic) bond motifs is 1. The van der Waals surface area contributed by atoms with Gasteiger partial charge in [-0.1, -0.05) is 18.2 Å². The summed E-state index contributed by atoms with van der Waals surface area (Å²) in [5.41, 5.74) is 2.93. The van der Waals surface area contributed by atoms with Crippen LogP contribution in [0.2, 0.25) is 0 Å². The molecule has 2 amide bonds. The van der Waals surface area contributed by atoms with Crippen LogP contribution in [-0.2, 0) is 0 Å². The predicted octanol–water partition coefficient (Wildman–Crippen LogP) is 3.74. The molecule has 7 nitrogen and oxygen atoms in total. The number of hydrogen-bond acceptors (Lipinski definition) is 4. The van der Waals surface area contributed by atoms with E-state index in [0.717, 1.165) is 11.3 Å². The van der Waals surface area contributed by atoms with Gasteiger partial charge >= 0.3 is 0 Å². The molecule has 0 saturated heterocycles. The van der Waals surface area contributed by atoms with E-state index in [1.165, 1.54) is 0 Å². The van der Waals surface area contributed by atoms with E-state index in [4.69, 9.17) is 0 Å². The summed E-state index contributed by atoms with van der Waals surface area (Å²) in [7, 11) is 1.78. The summed E-state index contributed by atoms with van der Waals surface area (Å²) < 4.78 is 1.82. The molecule has 31 heavy (non-hydrogen) atoms. The zero-order chi connectivity index (χ0) is 22.1. The summed E-state index contributed by atoms with van der Waals surface area (Å²) in [5, 5.41) is 4.66. The van der Waals surface area contributed by atoms with E-state index in [1.54, 1.807) is 29.2 Å². The van der Waals surface area contributed by atoms with E-state index >= 15 is 0 Å². The lowest BCUT2D eigenvalue weighted by Gasteiger charge is -2.18. The van der Waals surface area contributed by atoms with Crippen molar-refractivity contribution < 1.29 is 9.59 Å². The van der Waals surface area contributed by atoms with Crippen molar-refractivity contribution in [3.8, 4) is 0 Å². The first-order valence-electron chi connectivity index (χ1n) is 10.6. The van der Waals surface area contributed by atoms with Crippen LogP contribution in [0.15, 0.2) is 54.9 Å². The molecule has 0 aliphatic carbocycles. The van der Waals surface area contributed by atoms with Gasteiger partial charge in [-0.2, -0.15) is 5.10 Å². The van der Waals surface area contributed by atoms with Crippen LogP contribution < -0.4 is 4.90 Å². The first-order chi connectivity index (χ1) is 14.9. The van der Waals surface area contributed by atoms with Crippen LogP contribution >= 0.6 is 0 Å². The monoisotopic (exact) mass is 417 g/mol. The Morgan fingerprint density at radius 2 is 1.87 bits per heavy atom. The van der Waals surface area contributed by atoms with Crippen molar-refractivity contribution in [3.05, 3.63) is 77.4 Å². The SMILES string of the molecule is CCN(C)C(=O)c1ccc2c(c1)[C@H](c1ncn(C(C)C)n1)CN2C(=O)c1ccccc1. The van der Waals surface area contributed by atoms with Gasteiger partial charge in [0.2, 0.25) is 0 Å². The van der Waals surface area contributed by atoms with Crippen molar-refractivity contribution in [2.75, 3.05) is 25.0 Å². The number of nitrogens with zero attached hydrogens (tertiary/aromatic N) is 5. The molecule has 1 aromatic heterocycles. The summed E-state index contributed by atoms with van der Waals surface area (Å²) in [6.45, 7) is 7.09. The van der Waals surface area contributed by atoms with Gasteiger partial charge in [-0.3, -0.25) is 14.3 Å². The van der Waals surface area contributed by atoms with Crippen molar-refractivity contribution in [2.45, 2.75) is 32.7 Å². The molecule has 3 aromatic rings. The molecule has 0 N–H and O–H groups in total. The summed E-state index contributed by atoms with van der Waals surface area (Å²) in [4.78, 5) is 34.0. The molecular weight excluding hydrogens is 390 g/mol. The van der Waals surface area contributed by atoms with Crippen molar-refractivity contribution in [2.24, 2.45) is 0 Å². The molecule has 0 spiro atoms. The van der Waals surface area contributed by atoms with Crippen LogP contribution in [-0.4, -0.2) is 51.6 Å². The van der Waals surface area contributed by atoms with Crippen LogP contribution in [0.1, 0.15) is 64.8 Å². The van der Waals surface area contributed by atoms with Gasteiger partial charge in [0.15, 0.2) is 5.82 Å². The second-order valence-electron chi connectivity index (χ2n) is 8.10. The zero-order valence-corrected chi connectivity index (χ0v) is 18.3. The minimum absolute atomic E-state index is 0.0439. The Morgan fingerprint density at radius 3 is 2.52 bits per heavy atom. The highest BCUT2D eigenvalue weighted by Gasteiger charge is 2.36. The van der Waals surface area contributed by atoms with Gasteiger partial charge in [0.05, 0.1) is 5.92 Å². The maximum absolute atomic E-state index is 13.3. The Labute approximate surface area is 182 Å². The van der Waals surface area contributed by atoms with E-state index in [-0.39, 0.29) is 23.8 Å². The minimum Gasteiger partial charge on any atom is -0.342 e. The van der Waals surface area contributed by atoms with Gasteiger partial charge in [0, 0.05) is 43.0 Å². The molecule has 0 radical (unpaired) electrons. The third-order valence-corrected chi connectivity index (χ3v) is 5.76. The number of aromatic nitrogens is 3. The molecule has 0 bridgehead atoms. The number of benzene rings is 2. The van der Waals surface area contributed by atoms with E-state index in [2.05, 4.69) is 10.1 Å². The standard InChI is InChI=1S/C24H27N5O2/c1-5-27(4)23(30)18-11-12-21-19(13-18)20(22-25-15-29(26-22)16(2)3)14-28(21)24(31)17-9-7-6-8-10-17/h6-13,15-16,20H,5,14H2,1-4H3/t20-/m1/s1. The fourth-order valence-corrected chi connectivity index (χ4v) is 3.80. The van der Waals surface area contributed by atoms with Crippen molar-refractivity contribution >= 4 is 17.5 Å². The maximum Gasteiger partial charge on any atom is 0.258 e. The summed E-state index contributed by atoms with van der Waals surface area (Å²) in [5.74, 6) is 0.351. The lowest BCUT2D eigenvalue weighted by Crippen LogP contribution is -2.30. The van der Waals surface area contributed by atoms with Crippen molar-refractivity contribution in [1.82, 2.24) is 19.7 Å². The molecule has 0 saturated carbocycles. The fourth-order valence-electron chi connectivity index (χ4n) is 3.80. The van der Waals surface area contributed by atoms with E-state index in [9.17, 15) is 9.59 Å². The first kappa shape index (κ1) is 20.8. The number of carbonyl (C=O) groups excluding carboxylic acids is 2. The van der Waals surface area contributed by atoms with Crippen molar-refractivity contribution in [3.63, 3.8) is 0 Å².